The molecule has 2 aromatic heterocycles. The Hall–Kier alpha value is -3.43. The summed E-state index contributed by atoms with van der Waals surface area (Å²) in [6.45, 7) is 3.34. The highest BCUT2D eigenvalue weighted by atomic mass is 16.5. The van der Waals surface area contributed by atoms with Crippen molar-refractivity contribution in [3.05, 3.63) is 70.6 Å². The molecule has 3 aromatic rings. The van der Waals surface area contributed by atoms with Gasteiger partial charge in [0.05, 0.1) is 17.3 Å². The first kappa shape index (κ1) is 21.4. The summed E-state index contributed by atoms with van der Waals surface area (Å²) in [5.41, 5.74) is 5.63. The minimum Gasteiger partial charge on any atom is -0.381 e. The maximum Gasteiger partial charge on any atom is 0.246 e. The zero-order valence-electron chi connectivity index (χ0n) is 19.1. The van der Waals surface area contributed by atoms with Gasteiger partial charge < -0.3 is 14.2 Å². The highest BCUT2D eigenvalue weighted by molar-refractivity contribution is 5.95. The number of pyridine rings is 1. The van der Waals surface area contributed by atoms with Gasteiger partial charge in [-0.05, 0) is 61.9 Å². The SMILES string of the molecule is Cc1ccc2c(C#N)c(/C=C/C(=O)N(C)C3CCOCC3)n(C3CCc4ccccc43)c2n1. The highest BCUT2D eigenvalue weighted by Crippen LogP contribution is 2.39. The summed E-state index contributed by atoms with van der Waals surface area (Å²) in [5.74, 6) is -0.0569. The Bertz CT molecular complexity index is 1280. The molecule has 0 spiro atoms. The summed E-state index contributed by atoms with van der Waals surface area (Å²) in [5, 5.41) is 10.9. The van der Waals surface area contributed by atoms with Crippen LogP contribution in [0.1, 0.15) is 53.4 Å². The molecule has 1 unspecified atom stereocenters. The Morgan fingerprint density at radius 3 is 2.79 bits per heavy atom. The second-order valence-corrected chi connectivity index (χ2v) is 8.95. The number of nitriles is 1. The van der Waals surface area contributed by atoms with E-state index in [9.17, 15) is 10.1 Å². The molecule has 1 aliphatic carbocycles. The first-order chi connectivity index (χ1) is 16.1. The monoisotopic (exact) mass is 440 g/mol. The zero-order valence-corrected chi connectivity index (χ0v) is 19.1. The third-order valence-corrected chi connectivity index (χ3v) is 7.02. The average molecular weight is 441 g/mol. The molecule has 0 N–H and O–H groups in total. The molecule has 2 aliphatic rings. The fourth-order valence-electron chi connectivity index (χ4n) is 5.21. The quantitative estimate of drug-likeness (QED) is 0.564. The molecular weight excluding hydrogens is 412 g/mol. The van der Waals surface area contributed by atoms with Gasteiger partial charge in [-0.25, -0.2) is 4.98 Å². The van der Waals surface area contributed by atoms with Crippen LogP contribution in [0.4, 0.5) is 0 Å². The number of ether oxygens (including phenoxy) is 1. The molecule has 1 aromatic carbocycles. The molecule has 3 heterocycles. The molecule has 0 radical (unpaired) electrons. The van der Waals surface area contributed by atoms with E-state index in [-0.39, 0.29) is 18.0 Å². The molecule has 0 saturated carbocycles. The van der Waals surface area contributed by atoms with E-state index in [0.717, 1.165) is 48.1 Å². The van der Waals surface area contributed by atoms with E-state index in [1.807, 2.05) is 32.2 Å². The van der Waals surface area contributed by atoms with Gasteiger partial charge in [0, 0.05) is 43.5 Å². The molecule has 1 amide bonds. The van der Waals surface area contributed by atoms with Gasteiger partial charge in [-0.2, -0.15) is 5.26 Å². The minimum atomic E-state index is -0.0569. The van der Waals surface area contributed by atoms with Crippen LogP contribution in [0.2, 0.25) is 0 Å². The molecule has 5 rings (SSSR count). The summed E-state index contributed by atoms with van der Waals surface area (Å²) in [6, 6.07) is 15.0. The topological polar surface area (TPSA) is 71.2 Å². The van der Waals surface area contributed by atoms with E-state index < -0.39 is 0 Å². The van der Waals surface area contributed by atoms with Crippen LogP contribution in [-0.2, 0) is 16.0 Å². The van der Waals surface area contributed by atoms with Gasteiger partial charge in [0.1, 0.15) is 11.7 Å². The van der Waals surface area contributed by atoms with Crippen LogP contribution in [0.3, 0.4) is 0 Å². The number of fused-ring (bicyclic) bond motifs is 2. The van der Waals surface area contributed by atoms with Crippen molar-refractivity contribution in [3.8, 4) is 6.07 Å². The number of hydrogen-bond acceptors (Lipinski definition) is 4. The molecule has 1 atom stereocenters. The van der Waals surface area contributed by atoms with Crippen LogP contribution in [0, 0.1) is 18.3 Å². The fraction of sp³-hybridized carbons (Fsp3) is 0.370. The van der Waals surface area contributed by atoms with Crippen LogP contribution >= 0.6 is 0 Å². The number of hydrogen-bond donors (Lipinski definition) is 0. The number of amides is 1. The van der Waals surface area contributed by atoms with E-state index in [1.165, 1.54) is 11.1 Å². The summed E-state index contributed by atoms with van der Waals surface area (Å²) in [6.07, 6.45) is 7.05. The number of rotatable bonds is 4. The summed E-state index contributed by atoms with van der Waals surface area (Å²) >= 11 is 0. The smallest absolute Gasteiger partial charge is 0.246 e. The lowest BCUT2D eigenvalue weighted by atomic mass is 10.1. The van der Waals surface area contributed by atoms with E-state index in [0.29, 0.717) is 18.8 Å². The summed E-state index contributed by atoms with van der Waals surface area (Å²) in [7, 11) is 1.85. The lowest BCUT2D eigenvalue weighted by Crippen LogP contribution is -2.39. The summed E-state index contributed by atoms with van der Waals surface area (Å²) in [4.78, 5) is 19.6. The maximum atomic E-state index is 13.0. The lowest BCUT2D eigenvalue weighted by Gasteiger charge is -2.30. The van der Waals surface area contributed by atoms with Crippen molar-refractivity contribution in [2.45, 2.75) is 44.7 Å². The number of aromatic nitrogens is 2. The second-order valence-electron chi connectivity index (χ2n) is 8.95. The number of carbonyl (C=O) groups is 1. The number of carbonyl (C=O) groups excluding carboxylic acids is 1. The van der Waals surface area contributed by atoms with Gasteiger partial charge in [-0.15, -0.1) is 0 Å². The van der Waals surface area contributed by atoms with Crippen molar-refractivity contribution in [1.82, 2.24) is 14.5 Å². The zero-order chi connectivity index (χ0) is 22.9. The predicted molar refractivity (Wildman–Crippen MR) is 128 cm³/mol. The minimum absolute atomic E-state index is 0.0569. The number of aryl methyl sites for hydroxylation is 2. The van der Waals surface area contributed by atoms with Gasteiger partial charge in [0.25, 0.3) is 0 Å². The van der Waals surface area contributed by atoms with Crippen LogP contribution in [0.5, 0.6) is 0 Å². The summed E-state index contributed by atoms with van der Waals surface area (Å²) < 4.78 is 7.60. The molecule has 0 bridgehead atoms. The van der Waals surface area contributed by atoms with Crippen LogP contribution in [0.15, 0.2) is 42.5 Å². The Morgan fingerprint density at radius 1 is 1.21 bits per heavy atom. The van der Waals surface area contributed by atoms with Crippen LogP contribution in [-0.4, -0.2) is 46.7 Å². The number of nitrogens with zero attached hydrogens (tertiary/aromatic N) is 4. The van der Waals surface area contributed by atoms with Crippen molar-refractivity contribution < 1.29 is 9.53 Å². The molecule has 6 nitrogen and oxygen atoms in total. The van der Waals surface area contributed by atoms with Crippen molar-refractivity contribution in [2.24, 2.45) is 0 Å². The fourth-order valence-corrected chi connectivity index (χ4v) is 5.21. The normalized spacial score (nSPS) is 18.5. The highest BCUT2D eigenvalue weighted by Gasteiger charge is 2.29. The van der Waals surface area contributed by atoms with Crippen molar-refractivity contribution in [1.29, 1.82) is 5.26 Å². The average Bonchev–Trinajstić information content (AvgIpc) is 3.40. The van der Waals surface area contributed by atoms with E-state index in [4.69, 9.17) is 9.72 Å². The maximum absolute atomic E-state index is 13.0. The lowest BCUT2D eigenvalue weighted by molar-refractivity contribution is -0.128. The van der Waals surface area contributed by atoms with Gasteiger partial charge in [0.15, 0.2) is 0 Å². The van der Waals surface area contributed by atoms with E-state index in [2.05, 4.69) is 34.9 Å². The van der Waals surface area contributed by atoms with Gasteiger partial charge in [0.2, 0.25) is 5.91 Å². The van der Waals surface area contributed by atoms with Gasteiger partial charge in [-0.3, -0.25) is 4.79 Å². The molecule has 1 aliphatic heterocycles. The van der Waals surface area contributed by atoms with Crippen LogP contribution in [0.25, 0.3) is 17.1 Å². The van der Waals surface area contributed by atoms with Crippen molar-refractivity contribution in [2.75, 3.05) is 20.3 Å². The van der Waals surface area contributed by atoms with Gasteiger partial charge in [-0.1, -0.05) is 24.3 Å². The largest absolute Gasteiger partial charge is 0.381 e. The van der Waals surface area contributed by atoms with E-state index >= 15 is 0 Å². The Balaban J connectivity index is 1.60. The van der Waals surface area contributed by atoms with Gasteiger partial charge >= 0.3 is 0 Å². The second kappa shape index (κ2) is 8.84. The first-order valence-electron chi connectivity index (χ1n) is 11.6. The molecule has 1 fully saturated rings. The predicted octanol–water partition coefficient (Wildman–Crippen LogP) is 4.40. The molecular formula is C27H28N4O2. The molecule has 168 valence electrons. The van der Waals surface area contributed by atoms with Crippen molar-refractivity contribution >= 4 is 23.0 Å². The van der Waals surface area contributed by atoms with Crippen molar-refractivity contribution in [3.63, 3.8) is 0 Å². The third kappa shape index (κ3) is 3.83. The van der Waals surface area contributed by atoms with Crippen LogP contribution < -0.4 is 0 Å². The molecule has 1 saturated heterocycles. The Morgan fingerprint density at radius 2 is 2.00 bits per heavy atom. The molecule has 33 heavy (non-hydrogen) atoms. The standard InChI is InChI=1S/C27H28N4O2/c1-18-7-9-22-23(17-28)25(11-12-26(32)30(2)20-13-15-33-16-14-20)31(27(22)29-18)24-10-8-19-5-3-4-6-21(19)24/h3-7,9,11-12,20,24H,8,10,13-16H2,1-2H3/b12-11+. The number of benzene rings is 1. The first-order valence-corrected chi connectivity index (χ1v) is 11.6. The molecule has 6 heteroatoms. The Labute approximate surface area is 194 Å². The Kier molecular flexibility index (Phi) is 5.74. The number of likely N-dealkylation sites (N-methyl/N-ethyl adjacent to an activating group) is 1. The van der Waals surface area contributed by atoms with E-state index in [1.54, 1.807) is 11.0 Å². The third-order valence-electron chi connectivity index (χ3n) is 7.02.